The molecule has 1 aliphatic carbocycles. The van der Waals surface area contributed by atoms with Gasteiger partial charge < -0.3 is 19.3 Å². The highest BCUT2D eigenvalue weighted by molar-refractivity contribution is 7.98. The van der Waals surface area contributed by atoms with E-state index in [1.54, 1.807) is 0 Å². The van der Waals surface area contributed by atoms with Crippen molar-refractivity contribution in [3.05, 3.63) is 44.5 Å². The summed E-state index contributed by atoms with van der Waals surface area (Å²) in [5.74, 6) is 0.219. The number of hydrogen-bond donors (Lipinski definition) is 2. The average molecular weight is 472 g/mol. The van der Waals surface area contributed by atoms with Crippen molar-refractivity contribution in [2.75, 3.05) is 12.0 Å². The summed E-state index contributed by atoms with van der Waals surface area (Å²) in [7, 11) is 0. The number of carbonyl (C=O) groups is 2. The third-order valence-electron chi connectivity index (χ3n) is 6.57. The van der Waals surface area contributed by atoms with E-state index in [2.05, 4.69) is 11.4 Å². The van der Waals surface area contributed by atoms with Crippen LogP contribution in [-0.4, -0.2) is 35.0 Å². The van der Waals surface area contributed by atoms with Crippen LogP contribution in [0.3, 0.4) is 0 Å². The van der Waals surface area contributed by atoms with Crippen LogP contribution in [0.1, 0.15) is 53.7 Å². The van der Waals surface area contributed by atoms with E-state index in [4.69, 9.17) is 8.83 Å². The Morgan fingerprint density at radius 1 is 1.12 bits per heavy atom. The highest BCUT2D eigenvalue weighted by Crippen LogP contribution is 2.37. The van der Waals surface area contributed by atoms with Crippen molar-refractivity contribution in [2.45, 2.75) is 64.8 Å². The van der Waals surface area contributed by atoms with Crippen molar-refractivity contribution in [1.82, 2.24) is 5.32 Å². The number of benzene rings is 1. The van der Waals surface area contributed by atoms with Gasteiger partial charge in [-0.1, -0.05) is 0 Å². The van der Waals surface area contributed by atoms with Gasteiger partial charge in [-0.15, -0.1) is 0 Å². The van der Waals surface area contributed by atoms with E-state index in [9.17, 15) is 19.5 Å². The normalized spacial score (nSPS) is 14.4. The molecule has 0 saturated heterocycles. The van der Waals surface area contributed by atoms with Gasteiger partial charge in [0.05, 0.1) is 0 Å². The predicted octanol–water partition coefficient (Wildman–Crippen LogP) is 4.29. The van der Waals surface area contributed by atoms with Gasteiger partial charge in [0, 0.05) is 40.3 Å². The number of carboxylic acids is 1. The van der Waals surface area contributed by atoms with Crippen LogP contribution >= 0.6 is 11.8 Å². The number of nitrogens with one attached hydrogen (secondary N) is 1. The fourth-order valence-electron chi connectivity index (χ4n) is 4.70. The fourth-order valence-corrected chi connectivity index (χ4v) is 5.18. The molecule has 0 radical (unpaired) electrons. The summed E-state index contributed by atoms with van der Waals surface area (Å²) in [6.07, 6.45) is 6.60. The fraction of sp³-hybridized carbons (Fsp3) is 0.480. The van der Waals surface area contributed by atoms with Gasteiger partial charge >= 0.3 is 11.6 Å². The zero-order valence-corrected chi connectivity index (χ0v) is 20.0. The van der Waals surface area contributed by atoms with Crippen molar-refractivity contribution >= 4 is 45.6 Å². The Hall–Kier alpha value is -2.74. The van der Waals surface area contributed by atoms with Gasteiger partial charge in [0.15, 0.2) is 0 Å². The second-order valence-electron chi connectivity index (χ2n) is 8.70. The summed E-state index contributed by atoms with van der Waals surface area (Å²) < 4.78 is 11.8. The third kappa shape index (κ3) is 4.53. The number of furan rings is 1. The molecule has 4 rings (SSSR count). The second kappa shape index (κ2) is 9.63. The maximum atomic E-state index is 12.8. The molecule has 0 spiro atoms. The average Bonchev–Trinajstić information content (AvgIpc) is 3.16. The van der Waals surface area contributed by atoms with Crippen LogP contribution < -0.4 is 10.9 Å². The number of rotatable bonds is 8. The SMILES string of the molecule is CSCCC(NC(=O)CCc1c(C)c2cc3c4c(oc3c(C)c2oc1=O)CCCC4)C(=O)O. The van der Waals surface area contributed by atoms with Gasteiger partial charge in [0.25, 0.3) is 0 Å². The lowest BCUT2D eigenvalue weighted by molar-refractivity contribution is -0.141. The highest BCUT2D eigenvalue weighted by atomic mass is 32.2. The van der Waals surface area contributed by atoms with Gasteiger partial charge in [-0.3, -0.25) is 4.79 Å². The van der Waals surface area contributed by atoms with Crippen LogP contribution in [0.25, 0.3) is 21.9 Å². The first-order chi connectivity index (χ1) is 15.8. The molecule has 0 aliphatic heterocycles. The molecule has 176 valence electrons. The van der Waals surface area contributed by atoms with Gasteiger partial charge in [0.2, 0.25) is 5.91 Å². The monoisotopic (exact) mass is 471 g/mol. The minimum Gasteiger partial charge on any atom is -0.480 e. The largest absolute Gasteiger partial charge is 0.480 e. The molecule has 1 unspecified atom stereocenters. The molecule has 1 aromatic carbocycles. The zero-order valence-electron chi connectivity index (χ0n) is 19.2. The number of fused-ring (bicyclic) bond motifs is 4. The molecule has 0 bridgehead atoms. The van der Waals surface area contributed by atoms with Crippen LogP contribution in [0.5, 0.6) is 0 Å². The predicted molar refractivity (Wildman–Crippen MR) is 129 cm³/mol. The van der Waals surface area contributed by atoms with E-state index in [0.29, 0.717) is 23.3 Å². The number of hydrogen-bond acceptors (Lipinski definition) is 6. The van der Waals surface area contributed by atoms with Crippen molar-refractivity contribution in [2.24, 2.45) is 0 Å². The molecule has 2 N–H and O–H groups in total. The second-order valence-corrected chi connectivity index (χ2v) is 9.68. The lowest BCUT2D eigenvalue weighted by Gasteiger charge is -2.14. The summed E-state index contributed by atoms with van der Waals surface area (Å²) in [6, 6.07) is 1.12. The van der Waals surface area contributed by atoms with Crippen LogP contribution in [0, 0.1) is 13.8 Å². The lowest BCUT2D eigenvalue weighted by Crippen LogP contribution is -2.41. The van der Waals surface area contributed by atoms with Gasteiger partial charge in [-0.2, -0.15) is 11.8 Å². The Morgan fingerprint density at radius 3 is 2.58 bits per heavy atom. The molecule has 1 amide bonds. The molecular weight excluding hydrogens is 442 g/mol. The Balaban J connectivity index is 1.63. The summed E-state index contributed by atoms with van der Waals surface area (Å²) >= 11 is 1.53. The Bertz CT molecular complexity index is 1290. The molecule has 33 heavy (non-hydrogen) atoms. The van der Waals surface area contributed by atoms with E-state index < -0.39 is 23.5 Å². The van der Waals surface area contributed by atoms with E-state index in [1.807, 2.05) is 20.1 Å². The van der Waals surface area contributed by atoms with Crippen LogP contribution in [0.15, 0.2) is 19.7 Å². The Kier molecular flexibility index (Phi) is 6.83. The molecule has 3 aromatic rings. The number of amides is 1. The van der Waals surface area contributed by atoms with E-state index in [-0.39, 0.29) is 12.8 Å². The Labute approximate surface area is 195 Å². The van der Waals surface area contributed by atoms with Gasteiger partial charge in [-0.05, 0) is 69.6 Å². The number of carboxylic acid groups (broad SMARTS) is 1. The lowest BCUT2D eigenvalue weighted by atomic mass is 9.93. The quantitative estimate of drug-likeness (QED) is 0.472. The summed E-state index contributed by atoms with van der Waals surface area (Å²) in [5, 5.41) is 13.8. The molecule has 8 heteroatoms. The maximum Gasteiger partial charge on any atom is 0.339 e. The molecule has 7 nitrogen and oxygen atoms in total. The minimum atomic E-state index is -1.05. The maximum absolute atomic E-state index is 12.8. The first-order valence-electron chi connectivity index (χ1n) is 11.3. The first kappa shape index (κ1) is 23.4. The number of aryl methyl sites for hydroxylation is 4. The highest BCUT2D eigenvalue weighted by Gasteiger charge is 2.24. The van der Waals surface area contributed by atoms with Gasteiger partial charge in [-0.25, -0.2) is 9.59 Å². The zero-order chi connectivity index (χ0) is 23.7. The van der Waals surface area contributed by atoms with Crippen molar-refractivity contribution < 1.29 is 23.5 Å². The smallest absolute Gasteiger partial charge is 0.339 e. The van der Waals surface area contributed by atoms with Crippen molar-refractivity contribution in [3.8, 4) is 0 Å². The number of carbonyl (C=O) groups excluding carboxylic acids is 1. The summed E-state index contributed by atoms with van der Waals surface area (Å²) in [5.41, 5.74) is 4.15. The Morgan fingerprint density at radius 2 is 1.85 bits per heavy atom. The first-order valence-corrected chi connectivity index (χ1v) is 12.7. The molecule has 0 saturated carbocycles. The summed E-state index contributed by atoms with van der Waals surface area (Å²) in [6.45, 7) is 3.79. The van der Waals surface area contributed by atoms with Crippen LogP contribution in [-0.2, 0) is 28.9 Å². The topological polar surface area (TPSA) is 110 Å². The number of aliphatic carboxylic acids is 1. The number of thioether (sulfide) groups is 1. The molecule has 0 fully saturated rings. The van der Waals surface area contributed by atoms with Crippen LogP contribution in [0.4, 0.5) is 0 Å². The van der Waals surface area contributed by atoms with E-state index >= 15 is 0 Å². The van der Waals surface area contributed by atoms with Crippen molar-refractivity contribution in [3.63, 3.8) is 0 Å². The van der Waals surface area contributed by atoms with Crippen LogP contribution in [0.2, 0.25) is 0 Å². The molecule has 2 heterocycles. The van der Waals surface area contributed by atoms with Gasteiger partial charge in [0.1, 0.15) is 23.0 Å². The van der Waals surface area contributed by atoms with Crippen molar-refractivity contribution in [1.29, 1.82) is 0 Å². The minimum absolute atomic E-state index is 0.0164. The molecule has 2 aromatic heterocycles. The standard InChI is InChI=1S/C25H29NO6S/c1-13-15(8-9-21(27)26-19(24(28)29)10-11-33-3)25(30)32-22-14(2)23-18(12-17(13)22)16-6-4-5-7-20(16)31-23/h12,19H,4-11H2,1-3H3,(H,26,27)(H,28,29). The van der Waals surface area contributed by atoms with E-state index in [0.717, 1.165) is 58.9 Å². The molecular formula is C25H29NO6S. The molecule has 1 atom stereocenters. The van der Waals surface area contributed by atoms with E-state index in [1.165, 1.54) is 17.3 Å². The molecule has 1 aliphatic rings. The third-order valence-corrected chi connectivity index (χ3v) is 7.21. The summed E-state index contributed by atoms with van der Waals surface area (Å²) in [4.78, 5) is 36.6.